The molecule has 2 aromatic rings. The molecule has 1 N–H and O–H groups in total. The maximum atomic E-state index is 13.5. The number of halogens is 3. The summed E-state index contributed by atoms with van der Waals surface area (Å²) in [4.78, 5) is 22.0. The average molecular weight is 357 g/mol. The third-order valence-electron chi connectivity index (χ3n) is 2.99. The van der Waals surface area contributed by atoms with Crippen LogP contribution in [0.2, 0.25) is 5.02 Å². The minimum Gasteiger partial charge on any atom is -0.479 e. The molecule has 0 saturated carbocycles. The van der Waals surface area contributed by atoms with Gasteiger partial charge in [-0.3, -0.25) is 14.9 Å². The van der Waals surface area contributed by atoms with E-state index in [-0.39, 0.29) is 22.1 Å². The van der Waals surface area contributed by atoms with Crippen LogP contribution in [0.3, 0.4) is 0 Å². The highest BCUT2D eigenvalue weighted by Gasteiger charge is 2.19. The lowest BCUT2D eigenvalue weighted by molar-refractivity contribution is -0.384. The second-order valence-corrected chi connectivity index (χ2v) is 5.15. The molecule has 0 fully saturated rings. The summed E-state index contributed by atoms with van der Waals surface area (Å²) in [5.41, 5.74) is -0.426. The van der Waals surface area contributed by atoms with Gasteiger partial charge in [-0.2, -0.15) is 0 Å². The van der Waals surface area contributed by atoms with Gasteiger partial charge in [-0.25, -0.2) is 8.78 Å². The Bertz CT molecular complexity index is 801. The Hall–Kier alpha value is -2.74. The van der Waals surface area contributed by atoms with Crippen LogP contribution in [0.25, 0.3) is 0 Å². The summed E-state index contributed by atoms with van der Waals surface area (Å²) in [6.45, 7) is 1.38. The Labute approximate surface area is 140 Å². The number of carbonyl (C=O) groups is 1. The van der Waals surface area contributed by atoms with E-state index >= 15 is 0 Å². The number of rotatable bonds is 5. The molecule has 1 amide bonds. The number of carbonyl (C=O) groups excluding carboxylic acids is 1. The zero-order chi connectivity index (χ0) is 17.9. The highest BCUT2D eigenvalue weighted by atomic mass is 35.5. The van der Waals surface area contributed by atoms with Crippen molar-refractivity contribution in [3.05, 3.63) is 63.2 Å². The maximum Gasteiger partial charge on any atom is 0.271 e. The first-order valence-electron chi connectivity index (χ1n) is 6.64. The van der Waals surface area contributed by atoms with E-state index in [1.807, 2.05) is 0 Å². The molecule has 24 heavy (non-hydrogen) atoms. The van der Waals surface area contributed by atoms with Crippen molar-refractivity contribution in [3.8, 4) is 5.75 Å². The second kappa shape index (κ2) is 7.22. The van der Waals surface area contributed by atoms with E-state index in [0.717, 1.165) is 18.2 Å². The summed E-state index contributed by atoms with van der Waals surface area (Å²) in [7, 11) is 0. The van der Waals surface area contributed by atoms with Crippen LogP contribution in [0.5, 0.6) is 5.75 Å². The lowest BCUT2D eigenvalue weighted by Gasteiger charge is -2.15. The average Bonchev–Trinajstić information content (AvgIpc) is 2.51. The molecule has 0 spiro atoms. The standard InChI is InChI=1S/C15H11ClF2N2O4/c1-8(15(21)19-13-4-2-9(17)6-12(13)18)24-14-5-3-10(20(22)23)7-11(14)16/h2-8H,1H3,(H,19,21)/t8-/m0/s1. The van der Waals surface area contributed by atoms with Crippen molar-refractivity contribution in [2.75, 3.05) is 5.32 Å². The number of nitrogens with one attached hydrogen (secondary N) is 1. The van der Waals surface area contributed by atoms with Crippen LogP contribution in [0, 0.1) is 21.7 Å². The molecule has 126 valence electrons. The van der Waals surface area contributed by atoms with Crippen molar-refractivity contribution in [1.29, 1.82) is 0 Å². The number of nitrogens with zero attached hydrogens (tertiary/aromatic N) is 1. The molecule has 9 heteroatoms. The zero-order valence-electron chi connectivity index (χ0n) is 12.3. The van der Waals surface area contributed by atoms with Crippen molar-refractivity contribution < 1.29 is 23.2 Å². The Morgan fingerprint density at radius 3 is 2.58 bits per heavy atom. The van der Waals surface area contributed by atoms with Crippen LogP contribution in [0.4, 0.5) is 20.2 Å². The van der Waals surface area contributed by atoms with E-state index in [9.17, 15) is 23.7 Å². The van der Waals surface area contributed by atoms with Crippen LogP contribution in [0.15, 0.2) is 36.4 Å². The van der Waals surface area contributed by atoms with Gasteiger partial charge in [0.25, 0.3) is 11.6 Å². The number of anilines is 1. The molecular weight excluding hydrogens is 346 g/mol. The van der Waals surface area contributed by atoms with E-state index < -0.39 is 28.6 Å². The molecule has 6 nitrogen and oxygen atoms in total. The summed E-state index contributed by atoms with van der Waals surface area (Å²) in [6, 6.07) is 6.22. The molecule has 2 aromatic carbocycles. The van der Waals surface area contributed by atoms with Crippen molar-refractivity contribution in [3.63, 3.8) is 0 Å². The predicted octanol–water partition coefficient (Wildman–Crippen LogP) is 3.93. The van der Waals surface area contributed by atoms with Gasteiger partial charge in [0.1, 0.15) is 17.4 Å². The van der Waals surface area contributed by atoms with Gasteiger partial charge < -0.3 is 10.1 Å². The van der Waals surface area contributed by atoms with Gasteiger partial charge in [-0.05, 0) is 25.1 Å². The van der Waals surface area contributed by atoms with Crippen molar-refractivity contribution >= 4 is 28.9 Å². The largest absolute Gasteiger partial charge is 0.479 e. The minimum absolute atomic E-state index is 0.0446. The first-order chi connectivity index (χ1) is 11.3. The molecule has 0 unspecified atom stereocenters. The molecular formula is C15H11ClF2N2O4. The molecule has 0 radical (unpaired) electrons. The topological polar surface area (TPSA) is 81.5 Å². The molecule has 0 aliphatic rings. The number of hydrogen-bond acceptors (Lipinski definition) is 4. The summed E-state index contributed by atoms with van der Waals surface area (Å²) >= 11 is 5.86. The number of ether oxygens (including phenoxy) is 1. The third-order valence-corrected chi connectivity index (χ3v) is 3.28. The Kier molecular flexibility index (Phi) is 5.30. The first kappa shape index (κ1) is 17.6. The molecule has 2 rings (SSSR count). The Balaban J connectivity index is 2.07. The number of nitro groups is 1. The van der Waals surface area contributed by atoms with Gasteiger partial charge in [0.2, 0.25) is 0 Å². The van der Waals surface area contributed by atoms with Gasteiger partial charge in [0, 0.05) is 18.2 Å². The summed E-state index contributed by atoms with van der Waals surface area (Å²) in [6.07, 6.45) is -1.08. The lowest BCUT2D eigenvalue weighted by Crippen LogP contribution is -2.30. The summed E-state index contributed by atoms with van der Waals surface area (Å²) < 4.78 is 31.6. The van der Waals surface area contributed by atoms with Gasteiger partial charge in [0.05, 0.1) is 15.6 Å². The number of hydrogen-bond donors (Lipinski definition) is 1. The van der Waals surface area contributed by atoms with Crippen molar-refractivity contribution in [1.82, 2.24) is 0 Å². The monoisotopic (exact) mass is 356 g/mol. The lowest BCUT2D eigenvalue weighted by atomic mass is 10.2. The second-order valence-electron chi connectivity index (χ2n) is 4.75. The van der Waals surface area contributed by atoms with E-state index in [1.54, 1.807) is 0 Å². The van der Waals surface area contributed by atoms with E-state index in [4.69, 9.17) is 16.3 Å². The molecule has 1 atom stereocenters. The fourth-order valence-electron chi connectivity index (χ4n) is 1.77. The van der Waals surface area contributed by atoms with E-state index in [1.165, 1.54) is 19.1 Å². The summed E-state index contributed by atoms with van der Waals surface area (Å²) in [5, 5.41) is 12.8. The van der Waals surface area contributed by atoms with Crippen LogP contribution < -0.4 is 10.1 Å². The number of benzene rings is 2. The third kappa shape index (κ3) is 4.17. The van der Waals surface area contributed by atoms with Crippen molar-refractivity contribution in [2.24, 2.45) is 0 Å². The van der Waals surface area contributed by atoms with Gasteiger partial charge in [-0.1, -0.05) is 11.6 Å². The molecule has 0 aliphatic heterocycles. The van der Waals surface area contributed by atoms with Crippen molar-refractivity contribution in [2.45, 2.75) is 13.0 Å². The summed E-state index contributed by atoms with van der Waals surface area (Å²) in [5.74, 6) is -2.34. The maximum absolute atomic E-state index is 13.5. The molecule has 0 heterocycles. The minimum atomic E-state index is -1.08. The van der Waals surface area contributed by atoms with E-state index in [2.05, 4.69) is 5.32 Å². The zero-order valence-corrected chi connectivity index (χ0v) is 13.0. The van der Waals surface area contributed by atoms with Gasteiger partial charge in [0.15, 0.2) is 6.10 Å². The fourth-order valence-corrected chi connectivity index (χ4v) is 1.99. The SMILES string of the molecule is C[C@H](Oc1ccc([N+](=O)[O-])cc1Cl)C(=O)Nc1ccc(F)cc1F. The molecule has 0 aromatic heterocycles. The quantitative estimate of drug-likeness (QED) is 0.650. The fraction of sp³-hybridized carbons (Fsp3) is 0.133. The molecule has 0 aliphatic carbocycles. The Morgan fingerprint density at radius 1 is 1.29 bits per heavy atom. The van der Waals surface area contributed by atoms with Crippen LogP contribution in [-0.4, -0.2) is 16.9 Å². The molecule has 0 bridgehead atoms. The predicted molar refractivity (Wildman–Crippen MR) is 83.2 cm³/mol. The number of amides is 1. The van der Waals surface area contributed by atoms with Gasteiger partial charge >= 0.3 is 0 Å². The first-order valence-corrected chi connectivity index (χ1v) is 7.02. The smallest absolute Gasteiger partial charge is 0.271 e. The van der Waals surface area contributed by atoms with Crippen LogP contribution in [0.1, 0.15) is 6.92 Å². The highest BCUT2D eigenvalue weighted by Crippen LogP contribution is 2.29. The van der Waals surface area contributed by atoms with Gasteiger partial charge in [-0.15, -0.1) is 0 Å². The van der Waals surface area contributed by atoms with Crippen LogP contribution in [-0.2, 0) is 4.79 Å². The van der Waals surface area contributed by atoms with E-state index in [0.29, 0.717) is 6.07 Å². The van der Waals surface area contributed by atoms with Crippen LogP contribution >= 0.6 is 11.6 Å². The Morgan fingerprint density at radius 2 is 2.00 bits per heavy atom. The number of non-ortho nitro benzene ring substituents is 1. The number of nitro benzene ring substituents is 1. The highest BCUT2D eigenvalue weighted by molar-refractivity contribution is 6.32. The molecule has 0 saturated heterocycles. The normalized spacial score (nSPS) is 11.7.